The third kappa shape index (κ3) is 2.37. The van der Waals surface area contributed by atoms with Gasteiger partial charge in [0.15, 0.2) is 11.6 Å². The summed E-state index contributed by atoms with van der Waals surface area (Å²) >= 11 is 0. The molecule has 116 valence electrons. The van der Waals surface area contributed by atoms with Gasteiger partial charge in [0.2, 0.25) is 0 Å². The number of β-amino-alcohol motifs (C(OH)–C–C–N with tert-alkyl or cyclic N) is 1. The van der Waals surface area contributed by atoms with Crippen molar-refractivity contribution in [2.75, 3.05) is 13.1 Å². The average molecular weight is 308 g/mol. The summed E-state index contributed by atoms with van der Waals surface area (Å²) in [4.78, 5) is 28.4. The van der Waals surface area contributed by atoms with Gasteiger partial charge in [0.05, 0.1) is 11.2 Å². The second-order valence-electron chi connectivity index (χ2n) is 5.82. The first-order valence-corrected chi connectivity index (χ1v) is 6.81. The fraction of sp³-hybridized carbons (Fsp3) is 0.333. The SMILES string of the molecule is CC1(O)CCN(C(=O)C(=O)c2c[nH]c3cc(F)c(F)cc23)C1. The van der Waals surface area contributed by atoms with Crippen molar-refractivity contribution < 1.29 is 23.5 Å². The monoisotopic (exact) mass is 308 g/mol. The van der Waals surface area contributed by atoms with E-state index in [4.69, 9.17) is 0 Å². The molecule has 2 heterocycles. The number of hydrogen-bond donors (Lipinski definition) is 2. The molecular formula is C15H14F2N2O3. The molecule has 0 radical (unpaired) electrons. The lowest BCUT2D eigenvalue weighted by atomic mass is 10.1. The minimum atomic E-state index is -1.09. The fourth-order valence-electron chi connectivity index (χ4n) is 2.68. The Kier molecular flexibility index (Phi) is 3.25. The van der Waals surface area contributed by atoms with Crippen molar-refractivity contribution in [3.8, 4) is 0 Å². The standard InChI is InChI=1S/C15H14F2N2O3/c1-15(22)2-3-19(7-15)14(21)13(20)9-6-18-12-5-11(17)10(16)4-8(9)12/h4-6,18,22H,2-3,7H2,1H3. The molecule has 2 aromatic rings. The summed E-state index contributed by atoms with van der Waals surface area (Å²) in [6.07, 6.45) is 1.65. The molecule has 22 heavy (non-hydrogen) atoms. The van der Waals surface area contributed by atoms with Gasteiger partial charge >= 0.3 is 0 Å². The number of amides is 1. The van der Waals surface area contributed by atoms with E-state index in [1.165, 1.54) is 11.1 Å². The highest BCUT2D eigenvalue weighted by molar-refractivity contribution is 6.44. The highest BCUT2D eigenvalue weighted by Gasteiger charge is 2.37. The number of rotatable bonds is 2. The molecule has 1 aliphatic rings. The van der Waals surface area contributed by atoms with E-state index in [-0.39, 0.29) is 29.6 Å². The zero-order valence-corrected chi connectivity index (χ0v) is 11.8. The second-order valence-corrected chi connectivity index (χ2v) is 5.82. The number of hydrogen-bond acceptors (Lipinski definition) is 3. The predicted molar refractivity (Wildman–Crippen MR) is 74.4 cm³/mol. The lowest BCUT2D eigenvalue weighted by molar-refractivity contribution is -0.126. The number of halogens is 2. The molecule has 1 aromatic heterocycles. The van der Waals surface area contributed by atoms with Crippen LogP contribution in [0.5, 0.6) is 0 Å². The van der Waals surface area contributed by atoms with Crippen molar-refractivity contribution in [3.05, 3.63) is 35.5 Å². The third-order valence-electron chi connectivity index (χ3n) is 3.90. The van der Waals surface area contributed by atoms with Crippen LogP contribution in [0.25, 0.3) is 10.9 Å². The maximum absolute atomic E-state index is 13.3. The number of nitrogens with one attached hydrogen (secondary N) is 1. The molecule has 1 atom stereocenters. The Bertz CT molecular complexity index is 782. The fourth-order valence-corrected chi connectivity index (χ4v) is 2.68. The molecule has 0 spiro atoms. The molecule has 0 bridgehead atoms. The van der Waals surface area contributed by atoms with Crippen molar-refractivity contribution in [2.45, 2.75) is 18.9 Å². The first kappa shape index (κ1) is 14.6. The first-order chi connectivity index (χ1) is 10.3. The number of Topliss-reactive ketones (excluding diaryl/α,β-unsaturated/α-hetero) is 1. The van der Waals surface area contributed by atoms with Crippen molar-refractivity contribution >= 4 is 22.6 Å². The lowest BCUT2D eigenvalue weighted by Crippen LogP contribution is -2.37. The van der Waals surface area contributed by atoms with Gasteiger partial charge in [0, 0.05) is 36.3 Å². The highest BCUT2D eigenvalue weighted by atomic mass is 19.2. The number of aromatic amines is 1. The number of aromatic nitrogens is 1. The highest BCUT2D eigenvalue weighted by Crippen LogP contribution is 2.25. The molecule has 5 nitrogen and oxygen atoms in total. The van der Waals surface area contributed by atoms with Crippen LogP contribution in [0.4, 0.5) is 8.78 Å². The molecule has 7 heteroatoms. The molecule has 1 saturated heterocycles. The molecule has 1 fully saturated rings. The number of likely N-dealkylation sites (tertiary alicyclic amines) is 1. The summed E-state index contributed by atoms with van der Waals surface area (Å²) in [7, 11) is 0. The molecule has 1 aliphatic heterocycles. The Morgan fingerprint density at radius 2 is 2.00 bits per heavy atom. The van der Waals surface area contributed by atoms with Gasteiger partial charge in [-0.2, -0.15) is 0 Å². The summed E-state index contributed by atoms with van der Waals surface area (Å²) in [6, 6.07) is 1.83. The molecule has 0 saturated carbocycles. The topological polar surface area (TPSA) is 73.4 Å². The van der Waals surface area contributed by atoms with E-state index in [2.05, 4.69) is 4.98 Å². The van der Waals surface area contributed by atoms with Crippen LogP contribution in [0.1, 0.15) is 23.7 Å². The van der Waals surface area contributed by atoms with Gasteiger partial charge in [-0.25, -0.2) is 8.78 Å². The van der Waals surface area contributed by atoms with Gasteiger partial charge in [-0.1, -0.05) is 0 Å². The Morgan fingerprint density at radius 3 is 2.64 bits per heavy atom. The summed E-state index contributed by atoms with van der Waals surface area (Å²) < 4.78 is 26.5. The van der Waals surface area contributed by atoms with Gasteiger partial charge in [-0.05, 0) is 19.4 Å². The Balaban J connectivity index is 1.93. The maximum atomic E-state index is 13.3. The summed E-state index contributed by atoms with van der Waals surface area (Å²) in [5, 5.41) is 10.0. The van der Waals surface area contributed by atoms with Crippen LogP contribution in [0.3, 0.4) is 0 Å². The molecule has 1 unspecified atom stereocenters. The Morgan fingerprint density at radius 1 is 1.32 bits per heavy atom. The largest absolute Gasteiger partial charge is 0.388 e. The van der Waals surface area contributed by atoms with Crippen LogP contribution in [0, 0.1) is 11.6 Å². The zero-order valence-electron chi connectivity index (χ0n) is 11.8. The van der Waals surface area contributed by atoms with Crippen molar-refractivity contribution in [1.82, 2.24) is 9.88 Å². The lowest BCUT2D eigenvalue weighted by Gasteiger charge is -2.18. The van der Waals surface area contributed by atoms with Gasteiger partial charge in [0.1, 0.15) is 0 Å². The van der Waals surface area contributed by atoms with Crippen molar-refractivity contribution in [1.29, 1.82) is 0 Å². The van der Waals surface area contributed by atoms with E-state index in [9.17, 15) is 23.5 Å². The van der Waals surface area contributed by atoms with Crippen LogP contribution in [0.2, 0.25) is 0 Å². The quantitative estimate of drug-likeness (QED) is 0.654. The molecule has 3 rings (SSSR count). The molecule has 0 aliphatic carbocycles. The van der Waals surface area contributed by atoms with E-state index >= 15 is 0 Å². The van der Waals surface area contributed by atoms with Gasteiger partial charge < -0.3 is 15.0 Å². The predicted octanol–water partition coefficient (Wildman–Crippen LogP) is 1.61. The zero-order chi connectivity index (χ0) is 16.1. The van der Waals surface area contributed by atoms with Crippen LogP contribution in [0.15, 0.2) is 18.3 Å². The molecule has 1 amide bonds. The van der Waals surface area contributed by atoms with Crippen molar-refractivity contribution in [3.63, 3.8) is 0 Å². The summed E-state index contributed by atoms with van der Waals surface area (Å²) in [6.45, 7) is 1.94. The third-order valence-corrected chi connectivity index (χ3v) is 3.90. The van der Waals surface area contributed by atoms with Gasteiger partial charge in [0.25, 0.3) is 11.7 Å². The smallest absolute Gasteiger partial charge is 0.295 e. The summed E-state index contributed by atoms with van der Waals surface area (Å²) in [5.74, 6) is -3.69. The number of aliphatic hydroxyl groups is 1. The number of ketones is 1. The minimum Gasteiger partial charge on any atom is -0.388 e. The van der Waals surface area contributed by atoms with Crippen LogP contribution < -0.4 is 0 Å². The van der Waals surface area contributed by atoms with Crippen LogP contribution in [-0.4, -0.2) is 45.4 Å². The van der Waals surface area contributed by atoms with E-state index in [0.717, 1.165) is 12.1 Å². The maximum Gasteiger partial charge on any atom is 0.295 e. The van der Waals surface area contributed by atoms with Crippen molar-refractivity contribution in [2.24, 2.45) is 0 Å². The Labute approximate surface area is 124 Å². The normalized spacial score (nSPS) is 21.5. The summed E-state index contributed by atoms with van der Waals surface area (Å²) in [5.41, 5.74) is -0.778. The number of benzene rings is 1. The van der Waals surface area contributed by atoms with E-state index < -0.39 is 28.9 Å². The van der Waals surface area contributed by atoms with Crippen LogP contribution >= 0.6 is 0 Å². The molecule has 1 aromatic carbocycles. The van der Waals surface area contributed by atoms with Gasteiger partial charge in [-0.3, -0.25) is 9.59 Å². The number of fused-ring (bicyclic) bond motifs is 1. The number of carbonyl (C=O) groups is 2. The minimum absolute atomic E-state index is 0.00885. The van der Waals surface area contributed by atoms with E-state index in [1.807, 2.05) is 0 Å². The van der Waals surface area contributed by atoms with E-state index in [1.54, 1.807) is 6.92 Å². The molecule has 2 N–H and O–H groups in total. The molecular weight excluding hydrogens is 294 g/mol. The van der Waals surface area contributed by atoms with Crippen LogP contribution in [-0.2, 0) is 4.79 Å². The van der Waals surface area contributed by atoms with Gasteiger partial charge in [-0.15, -0.1) is 0 Å². The average Bonchev–Trinajstić information content (AvgIpc) is 3.01. The number of H-pyrrole nitrogens is 1. The number of nitrogens with zero attached hydrogens (tertiary/aromatic N) is 1. The van der Waals surface area contributed by atoms with E-state index in [0.29, 0.717) is 6.42 Å². The number of carbonyl (C=O) groups excluding carboxylic acids is 2. The Hall–Kier alpha value is -2.28. The first-order valence-electron chi connectivity index (χ1n) is 6.81. The second kappa shape index (κ2) is 4.88.